The van der Waals surface area contributed by atoms with Gasteiger partial charge in [-0.1, -0.05) is 115 Å². The first-order chi connectivity index (χ1) is 19.9. The fraction of sp³-hybridized carbons (Fsp3) is 0.182. The van der Waals surface area contributed by atoms with Crippen LogP contribution in [0.15, 0.2) is 115 Å². The quantitative estimate of drug-likeness (QED) is 0.145. The summed E-state index contributed by atoms with van der Waals surface area (Å²) in [6.07, 6.45) is 0. The Balaban J connectivity index is 1.78. The number of halogens is 1. The van der Waals surface area contributed by atoms with Gasteiger partial charge in [0, 0.05) is 20.4 Å². The lowest BCUT2D eigenvalue weighted by Crippen LogP contribution is -2.61. The van der Waals surface area contributed by atoms with Gasteiger partial charge in [0.25, 0.3) is 0 Å². The normalized spacial score (nSPS) is 16.9. The summed E-state index contributed by atoms with van der Waals surface area (Å²) in [4.78, 5) is 28.8. The topological polar surface area (TPSA) is 55.8 Å². The van der Waals surface area contributed by atoms with E-state index in [0.29, 0.717) is 12.0 Å². The lowest BCUT2D eigenvalue weighted by molar-refractivity contribution is -0.137. The molecule has 5 rings (SSSR count). The minimum Gasteiger partial charge on any atom is -0.497 e. The summed E-state index contributed by atoms with van der Waals surface area (Å²) in [6, 6.07) is 37.8. The molecular weight excluding hydrogens is 573 g/mol. The van der Waals surface area contributed by atoms with Crippen LogP contribution in [-0.2, 0) is 20.9 Å². The molecule has 5 nitrogen and oxygen atoms in total. The largest absolute Gasteiger partial charge is 0.497 e. The number of benzene rings is 4. The van der Waals surface area contributed by atoms with Gasteiger partial charge in [-0.05, 0) is 33.6 Å². The van der Waals surface area contributed by atoms with E-state index in [4.69, 9.17) is 21.1 Å². The Kier molecular flexibility index (Phi) is 9.36. The van der Waals surface area contributed by atoms with Crippen molar-refractivity contribution in [2.24, 2.45) is 0 Å². The SMILES string of the molecule is COc1ccc(COC(=O)C(N2C[C@H](Cl)[C@H]2SC(C)=O)=P(c2ccccc2)(c2ccccc2)c2ccccc2)cc1. The maximum Gasteiger partial charge on any atom is 0.350 e. The molecule has 4 aromatic rings. The number of hydrogen-bond donors (Lipinski definition) is 0. The van der Waals surface area contributed by atoms with Gasteiger partial charge in [-0.2, -0.15) is 0 Å². The fourth-order valence-electron chi connectivity index (χ4n) is 5.10. The molecule has 1 aliphatic heterocycles. The van der Waals surface area contributed by atoms with Gasteiger partial charge in [0.2, 0.25) is 0 Å². The maximum absolute atomic E-state index is 14.5. The van der Waals surface area contributed by atoms with Crippen LogP contribution in [0.3, 0.4) is 0 Å². The van der Waals surface area contributed by atoms with Gasteiger partial charge in [-0.25, -0.2) is 4.79 Å². The summed E-state index contributed by atoms with van der Waals surface area (Å²) >= 11 is 7.87. The van der Waals surface area contributed by atoms with Gasteiger partial charge in [-0.3, -0.25) is 9.69 Å². The molecule has 210 valence electrons. The Bertz CT molecular complexity index is 1450. The van der Waals surface area contributed by atoms with E-state index in [9.17, 15) is 9.59 Å². The third-order valence-corrected chi connectivity index (χ3v) is 13.0. The van der Waals surface area contributed by atoms with Crippen molar-refractivity contribution in [2.75, 3.05) is 13.7 Å². The van der Waals surface area contributed by atoms with Crippen molar-refractivity contribution >= 4 is 62.7 Å². The summed E-state index contributed by atoms with van der Waals surface area (Å²) < 4.78 is 11.4. The molecule has 1 saturated heterocycles. The van der Waals surface area contributed by atoms with E-state index >= 15 is 0 Å². The van der Waals surface area contributed by atoms with Crippen LogP contribution in [0.5, 0.6) is 5.75 Å². The molecule has 1 fully saturated rings. The zero-order valence-corrected chi connectivity index (χ0v) is 25.3. The first-order valence-corrected chi connectivity index (χ1v) is 16.4. The Morgan fingerprint density at radius 1 is 0.829 bits per heavy atom. The van der Waals surface area contributed by atoms with Gasteiger partial charge < -0.3 is 9.47 Å². The molecule has 1 aliphatic rings. The molecule has 2 atom stereocenters. The summed E-state index contributed by atoms with van der Waals surface area (Å²) in [5.74, 6) is 0.302. The number of carbonyl (C=O) groups is 2. The van der Waals surface area contributed by atoms with Crippen molar-refractivity contribution in [3.63, 3.8) is 0 Å². The Hall–Kier alpha value is -3.28. The number of rotatable bonds is 9. The van der Waals surface area contributed by atoms with Gasteiger partial charge >= 0.3 is 5.97 Å². The number of methoxy groups -OCH3 is 1. The molecule has 0 unspecified atom stereocenters. The number of thioether (sulfide) groups is 1. The van der Waals surface area contributed by atoms with Crippen LogP contribution in [0.25, 0.3) is 0 Å². The average molecular weight is 604 g/mol. The molecule has 0 aliphatic carbocycles. The van der Waals surface area contributed by atoms with Crippen LogP contribution in [0, 0.1) is 0 Å². The number of alkyl halides is 1. The van der Waals surface area contributed by atoms with Crippen molar-refractivity contribution in [3.05, 3.63) is 121 Å². The maximum atomic E-state index is 14.5. The zero-order valence-electron chi connectivity index (χ0n) is 22.9. The number of esters is 1. The van der Waals surface area contributed by atoms with E-state index in [1.54, 1.807) is 7.11 Å². The minimum absolute atomic E-state index is 0.0561. The van der Waals surface area contributed by atoms with Crippen molar-refractivity contribution in [1.82, 2.24) is 4.90 Å². The van der Waals surface area contributed by atoms with Crippen LogP contribution in [0.1, 0.15) is 12.5 Å². The van der Waals surface area contributed by atoms with Gasteiger partial charge in [0.15, 0.2) is 5.12 Å². The number of nitrogens with zero attached hydrogens (tertiary/aromatic N) is 1. The first-order valence-electron chi connectivity index (χ1n) is 13.3. The van der Waals surface area contributed by atoms with E-state index in [1.165, 1.54) is 6.92 Å². The molecule has 0 radical (unpaired) electrons. The number of likely N-dealkylation sites (tertiary alicyclic amines) is 1. The van der Waals surface area contributed by atoms with E-state index in [1.807, 2.05) is 83.8 Å². The van der Waals surface area contributed by atoms with Gasteiger partial charge in [0.05, 0.1) is 17.9 Å². The number of ether oxygens (including phenoxy) is 2. The third-order valence-electron chi connectivity index (χ3n) is 7.01. The van der Waals surface area contributed by atoms with Crippen LogP contribution < -0.4 is 20.7 Å². The predicted octanol–water partition coefficient (Wildman–Crippen LogP) is 5.39. The van der Waals surface area contributed by atoms with Gasteiger partial charge in [-0.15, -0.1) is 11.6 Å². The lowest BCUT2D eigenvalue weighted by Gasteiger charge is -2.47. The van der Waals surface area contributed by atoms with E-state index in [-0.39, 0.29) is 17.1 Å². The molecular formula is C33H31ClNO4PS. The molecule has 0 N–H and O–H groups in total. The third kappa shape index (κ3) is 6.02. The van der Waals surface area contributed by atoms with Crippen molar-refractivity contribution in [2.45, 2.75) is 24.3 Å². The van der Waals surface area contributed by atoms with E-state index < -0.39 is 18.2 Å². The monoisotopic (exact) mass is 603 g/mol. The van der Waals surface area contributed by atoms with Crippen molar-refractivity contribution in [3.8, 4) is 5.75 Å². The molecule has 4 aromatic carbocycles. The number of hydrogen-bond acceptors (Lipinski definition) is 5. The molecule has 0 spiro atoms. The summed E-state index contributed by atoms with van der Waals surface area (Å²) in [5, 5.41) is 2.29. The molecule has 1 heterocycles. The van der Waals surface area contributed by atoms with Crippen LogP contribution >= 0.6 is 30.2 Å². The van der Waals surface area contributed by atoms with Gasteiger partial charge in [0.1, 0.15) is 17.8 Å². The summed E-state index contributed by atoms with van der Waals surface area (Å²) in [5.41, 5.74) is 1.38. The first kappa shape index (κ1) is 29.2. The second kappa shape index (κ2) is 13.1. The predicted molar refractivity (Wildman–Crippen MR) is 171 cm³/mol. The lowest BCUT2D eigenvalue weighted by atomic mass is 10.2. The second-order valence-electron chi connectivity index (χ2n) is 9.59. The Labute approximate surface area is 250 Å². The van der Waals surface area contributed by atoms with E-state index in [0.717, 1.165) is 39.0 Å². The van der Waals surface area contributed by atoms with Crippen LogP contribution in [0.2, 0.25) is 0 Å². The van der Waals surface area contributed by atoms with E-state index in [2.05, 4.69) is 36.4 Å². The van der Waals surface area contributed by atoms with Crippen LogP contribution in [-0.4, -0.2) is 45.8 Å². The highest BCUT2D eigenvalue weighted by Gasteiger charge is 2.48. The highest BCUT2D eigenvalue weighted by atomic mass is 35.5. The van der Waals surface area contributed by atoms with Crippen molar-refractivity contribution in [1.29, 1.82) is 0 Å². The minimum atomic E-state index is -2.82. The molecule has 0 saturated carbocycles. The average Bonchev–Trinajstić information content (AvgIpc) is 3.02. The Morgan fingerprint density at radius 3 is 1.73 bits per heavy atom. The smallest absolute Gasteiger partial charge is 0.350 e. The zero-order chi connectivity index (χ0) is 28.8. The number of carbonyl (C=O) groups excluding carboxylic acids is 2. The fourth-order valence-corrected chi connectivity index (χ4v) is 10.9. The summed E-state index contributed by atoms with van der Waals surface area (Å²) in [6.45, 7) is -0.774. The standard InChI is InChI=1S/C33H31ClNO4PS/c1-24(36)41-32-30(34)22-35(32)31(33(37)39-23-25-18-20-26(38-2)21-19-25)40(27-12-6-3-7-13-27,28-14-8-4-9-15-28)29-16-10-5-11-17-29/h3-21,30,32H,22-23H2,1-2H3/t30-,32+/m0/s1. The van der Waals surface area contributed by atoms with Crippen molar-refractivity contribution < 1.29 is 19.1 Å². The molecule has 41 heavy (non-hydrogen) atoms. The molecule has 0 bridgehead atoms. The summed E-state index contributed by atoms with van der Waals surface area (Å²) in [7, 11) is 1.61. The highest BCUT2D eigenvalue weighted by Crippen LogP contribution is 2.50. The molecule has 8 heteroatoms. The molecule has 0 amide bonds. The second-order valence-corrected chi connectivity index (χ2v) is 14.8. The van der Waals surface area contributed by atoms with Crippen LogP contribution in [0.4, 0.5) is 0 Å². The molecule has 0 aromatic heterocycles. The Morgan fingerprint density at radius 2 is 1.32 bits per heavy atom. The highest BCUT2D eigenvalue weighted by molar-refractivity contribution is 8.14.